The van der Waals surface area contributed by atoms with Crippen molar-refractivity contribution in [3.8, 4) is 5.69 Å². The number of anilines is 1. The standard InChI is InChI=1S/C29H28F3N5O7S2/c1-5-42-26(40)21-15(3)22(27(41)43-6-2)46-25(21)34-23(38)16(4)45-28-36-35-20(14-33-24(39)19-11-8-12-44-19)37(28)18-10-7-9-17(13-18)29(30,31)32/h7-13,16H,5-6,14H2,1-4H3,(H,33,39)(H,34,38)/t16-/m1/s1. The minimum Gasteiger partial charge on any atom is -0.462 e. The minimum atomic E-state index is -4.64. The zero-order chi connectivity index (χ0) is 33.6. The molecule has 0 unspecified atom stereocenters. The molecule has 0 bridgehead atoms. The lowest BCUT2D eigenvalue weighted by Gasteiger charge is -2.15. The fourth-order valence-electron chi connectivity index (χ4n) is 4.09. The minimum absolute atomic E-state index is 0.00201. The van der Waals surface area contributed by atoms with Crippen molar-refractivity contribution in [3.05, 3.63) is 75.8 Å². The maximum Gasteiger partial charge on any atom is 0.416 e. The number of esters is 2. The van der Waals surface area contributed by atoms with Gasteiger partial charge in [0.2, 0.25) is 5.91 Å². The first kappa shape index (κ1) is 34.2. The Hall–Kier alpha value is -4.64. The van der Waals surface area contributed by atoms with E-state index in [1.807, 2.05) is 0 Å². The van der Waals surface area contributed by atoms with Crippen LogP contribution in [0.15, 0.2) is 52.2 Å². The number of alkyl halides is 3. The second-order valence-electron chi connectivity index (χ2n) is 9.39. The van der Waals surface area contributed by atoms with Gasteiger partial charge in [0, 0.05) is 0 Å². The van der Waals surface area contributed by atoms with Gasteiger partial charge in [-0.25, -0.2) is 9.59 Å². The highest BCUT2D eigenvalue weighted by Crippen LogP contribution is 2.36. The van der Waals surface area contributed by atoms with E-state index >= 15 is 0 Å². The molecule has 244 valence electrons. The molecule has 0 saturated carbocycles. The second kappa shape index (κ2) is 14.6. The molecule has 46 heavy (non-hydrogen) atoms. The number of rotatable bonds is 12. The van der Waals surface area contributed by atoms with Crippen LogP contribution in [0.5, 0.6) is 0 Å². The maximum atomic E-state index is 13.6. The van der Waals surface area contributed by atoms with Crippen LogP contribution in [0.1, 0.15) is 68.3 Å². The van der Waals surface area contributed by atoms with Crippen LogP contribution in [-0.4, -0.2) is 57.0 Å². The third-order valence-corrected chi connectivity index (χ3v) is 8.49. The molecule has 3 heterocycles. The third-order valence-electron chi connectivity index (χ3n) is 6.26. The molecule has 0 saturated heterocycles. The zero-order valence-electron chi connectivity index (χ0n) is 24.9. The van der Waals surface area contributed by atoms with Crippen LogP contribution >= 0.6 is 23.1 Å². The predicted molar refractivity (Wildman–Crippen MR) is 161 cm³/mol. The number of thiophene rings is 1. The van der Waals surface area contributed by atoms with Gasteiger partial charge >= 0.3 is 18.1 Å². The van der Waals surface area contributed by atoms with Gasteiger partial charge in [0.05, 0.1) is 48.1 Å². The normalized spacial score (nSPS) is 12.0. The predicted octanol–water partition coefficient (Wildman–Crippen LogP) is 5.65. The van der Waals surface area contributed by atoms with E-state index in [1.54, 1.807) is 13.8 Å². The summed E-state index contributed by atoms with van der Waals surface area (Å²) in [7, 11) is 0. The zero-order valence-corrected chi connectivity index (χ0v) is 26.5. The molecule has 12 nitrogen and oxygen atoms in total. The number of nitrogens with one attached hydrogen (secondary N) is 2. The average molecular weight is 680 g/mol. The summed E-state index contributed by atoms with van der Waals surface area (Å²) in [5, 5.41) is 12.6. The van der Waals surface area contributed by atoms with Crippen LogP contribution in [0.4, 0.5) is 18.2 Å². The number of ether oxygens (including phenoxy) is 2. The maximum absolute atomic E-state index is 13.6. The van der Waals surface area contributed by atoms with Gasteiger partial charge in [-0.1, -0.05) is 17.8 Å². The average Bonchev–Trinajstić information content (AvgIpc) is 3.75. The topological polar surface area (TPSA) is 155 Å². The Morgan fingerprint density at radius 3 is 2.43 bits per heavy atom. The van der Waals surface area contributed by atoms with Crippen molar-refractivity contribution in [2.24, 2.45) is 0 Å². The van der Waals surface area contributed by atoms with E-state index in [2.05, 4.69) is 20.8 Å². The molecule has 2 amide bonds. The van der Waals surface area contributed by atoms with Crippen LogP contribution in [0.2, 0.25) is 0 Å². The molecule has 17 heteroatoms. The lowest BCUT2D eigenvalue weighted by molar-refractivity contribution is -0.137. The van der Waals surface area contributed by atoms with Crippen LogP contribution < -0.4 is 10.6 Å². The number of amides is 2. The summed E-state index contributed by atoms with van der Waals surface area (Å²) in [6.07, 6.45) is -3.33. The largest absolute Gasteiger partial charge is 0.462 e. The van der Waals surface area contributed by atoms with Crippen molar-refractivity contribution >= 4 is 51.9 Å². The molecule has 2 N–H and O–H groups in total. The van der Waals surface area contributed by atoms with Crippen molar-refractivity contribution in [2.75, 3.05) is 18.5 Å². The molecule has 4 aromatic rings. The summed E-state index contributed by atoms with van der Waals surface area (Å²) in [6, 6.07) is 7.38. The van der Waals surface area contributed by atoms with Crippen LogP contribution in [0.3, 0.4) is 0 Å². The number of nitrogens with zero attached hydrogens (tertiary/aromatic N) is 3. The first-order valence-electron chi connectivity index (χ1n) is 13.7. The number of furan rings is 1. The highest BCUT2D eigenvalue weighted by Gasteiger charge is 2.32. The molecule has 3 aromatic heterocycles. The molecule has 0 radical (unpaired) electrons. The number of carbonyl (C=O) groups is 4. The van der Waals surface area contributed by atoms with Crippen molar-refractivity contribution in [2.45, 2.75) is 50.8 Å². The number of carbonyl (C=O) groups excluding carboxylic acids is 4. The summed E-state index contributed by atoms with van der Waals surface area (Å²) in [5.74, 6) is -2.52. The number of hydrogen-bond acceptors (Lipinski definition) is 11. The Bertz CT molecular complexity index is 1730. The smallest absolute Gasteiger partial charge is 0.416 e. The van der Waals surface area contributed by atoms with E-state index in [9.17, 15) is 32.3 Å². The molecule has 1 atom stereocenters. The van der Waals surface area contributed by atoms with E-state index < -0.39 is 40.7 Å². The molecule has 0 fully saturated rings. The Morgan fingerprint density at radius 2 is 1.78 bits per heavy atom. The van der Waals surface area contributed by atoms with Crippen molar-refractivity contribution < 1.29 is 46.2 Å². The number of thioether (sulfide) groups is 1. The molecular formula is C29H28F3N5O7S2. The molecule has 0 aliphatic carbocycles. The molecule has 0 spiro atoms. The number of hydrogen-bond donors (Lipinski definition) is 2. The number of aromatic nitrogens is 3. The molecular weight excluding hydrogens is 651 g/mol. The SMILES string of the molecule is CCOC(=O)c1sc(NC(=O)[C@@H](C)Sc2nnc(CNC(=O)c3ccco3)n2-c2cccc(C(F)(F)F)c2)c(C(=O)OCC)c1C. The Balaban J connectivity index is 1.64. The molecule has 0 aliphatic heterocycles. The number of benzene rings is 1. The highest BCUT2D eigenvalue weighted by molar-refractivity contribution is 8.00. The summed E-state index contributed by atoms with van der Waals surface area (Å²) >= 11 is 1.72. The van der Waals surface area contributed by atoms with Gasteiger partial charge in [0.1, 0.15) is 9.88 Å². The fourth-order valence-corrected chi connectivity index (χ4v) is 6.07. The molecule has 1 aromatic carbocycles. The van der Waals surface area contributed by atoms with Gasteiger partial charge in [-0.05, 0) is 63.6 Å². The Morgan fingerprint density at radius 1 is 1.07 bits per heavy atom. The fraction of sp³-hybridized carbons (Fsp3) is 0.310. The quantitative estimate of drug-likeness (QED) is 0.142. The van der Waals surface area contributed by atoms with Gasteiger partial charge in [-0.15, -0.1) is 21.5 Å². The van der Waals surface area contributed by atoms with Gasteiger partial charge in [-0.2, -0.15) is 13.2 Å². The van der Waals surface area contributed by atoms with Gasteiger partial charge in [0.15, 0.2) is 16.7 Å². The lowest BCUT2D eigenvalue weighted by Crippen LogP contribution is -2.25. The van der Waals surface area contributed by atoms with E-state index in [0.717, 1.165) is 35.2 Å². The first-order valence-corrected chi connectivity index (χ1v) is 15.4. The summed E-state index contributed by atoms with van der Waals surface area (Å²) in [5.41, 5.74) is -0.608. The number of halogens is 3. The van der Waals surface area contributed by atoms with Crippen molar-refractivity contribution in [3.63, 3.8) is 0 Å². The molecule has 0 aliphatic rings. The monoisotopic (exact) mass is 679 g/mol. The van der Waals surface area contributed by atoms with Crippen molar-refractivity contribution in [1.29, 1.82) is 0 Å². The van der Waals surface area contributed by atoms with Gasteiger partial charge in [0.25, 0.3) is 5.91 Å². The van der Waals surface area contributed by atoms with Gasteiger partial charge in [-0.3, -0.25) is 14.2 Å². The van der Waals surface area contributed by atoms with E-state index in [-0.39, 0.29) is 63.2 Å². The summed E-state index contributed by atoms with van der Waals surface area (Å²) < 4.78 is 57.3. The van der Waals surface area contributed by atoms with E-state index in [4.69, 9.17) is 13.9 Å². The summed E-state index contributed by atoms with van der Waals surface area (Å²) in [4.78, 5) is 51.2. The third kappa shape index (κ3) is 7.77. The van der Waals surface area contributed by atoms with E-state index in [1.165, 1.54) is 48.9 Å². The van der Waals surface area contributed by atoms with Crippen LogP contribution in [0, 0.1) is 6.92 Å². The van der Waals surface area contributed by atoms with Gasteiger partial charge < -0.3 is 24.5 Å². The van der Waals surface area contributed by atoms with E-state index in [0.29, 0.717) is 0 Å². The van der Waals surface area contributed by atoms with Crippen LogP contribution in [0.25, 0.3) is 5.69 Å². The second-order valence-corrected chi connectivity index (χ2v) is 11.7. The Kier molecular flexibility index (Phi) is 10.9. The first-order chi connectivity index (χ1) is 21.8. The van der Waals surface area contributed by atoms with Crippen LogP contribution in [-0.2, 0) is 27.0 Å². The lowest BCUT2D eigenvalue weighted by atomic mass is 10.1. The Labute approximate surface area is 268 Å². The summed E-state index contributed by atoms with van der Waals surface area (Å²) in [6.45, 7) is 6.20. The molecule has 4 rings (SSSR count). The highest BCUT2D eigenvalue weighted by atomic mass is 32.2. The van der Waals surface area contributed by atoms with Crippen molar-refractivity contribution in [1.82, 2.24) is 20.1 Å².